The number of nitrogens with zero attached hydrogens (tertiary/aromatic N) is 3. The Morgan fingerprint density at radius 3 is 2.83 bits per heavy atom. The Kier molecular flexibility index (Phi) is 4.11. The number of fused-ring (bicyclic) bond motifs is 1. The minimum Gasteiger partial charge on any atom is -0.477 e. The number of piperidine rings is 1. The van der Waals surface area contributed by atoms with Crippen molar-refractivity contribution in [2.24, 2.45) is 5.92 Å². The van der Waals surface area contributed by atoms with Crippen LogP contribution in [0.25, 0.3) is 10.2 Å². The van der Waals surface area contributed by atoms with Gasteiger partial charge in [-0.3, -0.25) is 4.98 Å². The molecular formula is C18H19N3OS. The van der Waals surface area contributed by atoms with E-state index in [0.717, 1.165) is 43.9 Å². The summed E-state index contributed by atoms with van der Waals surface area (Å²) in [5.74, 6) is 1.33. The predicted octanol–water partition coefficient (Wildman–Crippen LogP) is 3.99. The summed E-state index contributed by atoms with van der Waals surface area (Å²) in [6.45, 7) is 2.91. The van der Waals surface area contributed by atoms with Crippen LogP contribution in [0.5, 0.6) is 5.88 Å². The Balaban J connectivity index is 1.37. The molecule has 3 aromatic rings. The van der Waals surface area contributed by atoms with Gasteiger partial charge < -0.3 is 9.64 Å². The second-order valence-electron chi connectivity index (χ2n) is 5.87. The lowest BCUT2D eigenvalue weighted by molar-refractivity contribution is 0.216. The van der Waals surface area contributed by atoms with Gasteiger partial charge in [-0.05, 0) is 42.3 Å². The molecule has 3 aromatic heterocycles. The van der Waals surface area contributed by atoms with Crippen molar-refractivity contribution < 1.29 is 4.74 Å². The van der Waals surface area contributed by atoms with E-state index in [1.165, 1.54) is 10.4 Å². The van der Waals surface area contributed by atoms with Gasteiger partial charge in [0, 0.05) is 31.5 Å². The molecule has 1 aliphatic heterocycles. The molecule has 1 saturated heterocycles. The molecule has 1 aliphatic rings. The fourth-order valence-electron chi connectivity index (χ4n) is 3.08. The monoisotopic (exact) mass is 325 g/mol. The van der Waals surface area contributed by atoms with Crippen LogP contribution in [0.15, 0.2) is 48.1 Å². The summed E-state index contributed by atoms with van der Waals surface area (Å²) in [7, 11) is 0. The lowest BCUT2D eigenvalue weighted by Crippen LogP contribution is -2.35. The largest absolute Gasteiger partial charge is 0.477 e. The summed E-state index contributed by atoms with van der Waals surface area (Å²) in [6, 6.07) is 10.0. The van der Waals surface area contributed by atoms with Crippen LogP contribution in [-0.4, -0.2) is 29.7 Å². The molecule has 0 amide bonds. The lowest BCUT2D eigenvalue weighted by Gasteiger charge is -2.33. The van der Waals surface area contributed by atoms with Crippen LogP contribution in [0.3, 0.4) is 0 Å². The molecule has 0 saturated carbocycles. The van der Waals surface area contributed by atoms with Crippen LogP contribution in [-0.2, 0) is 0 Å². The zero-order valence-electron chi connectivity index (χ0n) is 12.9. The summed E-state index contributed by atoms with van der Waals surface area (Å²) in [5, 5.41) is 2.12. The van der Waals surface area contributed by atoms with Crippen molar-refractivity contribution in [3.05, 3.63) is 48.1 Å². The highest BCUT2D eigenvalue weighted by Gasteiger charge is 2.21. The molecule has 0 aliphatic carbocycles. The van der Waals surface area contributed by atoms with Gasteiger partial charge in [-0.25, -0.2) is 4.98 Å². The van der Waals surface area contributed by atoms with Gasteiger partial charge in [-0.1, -0.05) is 6.07 Å². The molecule has 0 spiro atoms. The van der Waals surface area contributed by atoms with E-state index in [2.05, 4.69) is 32.4 Å². The number of aromatic nitrogens is 2. The number of pyridine rings is 2. The summed E-state index contributed by atoms with van der Waals surface area (Å²) < 4.78 is 7.11. The van der Waals surface area contributed by atoms with E-state index < -0.39 is 0 Å². The van der Waals surface area contributed by atoms with Gasteiger partial charge in [0.25, 0.3) is 0 Å². The van der Waals surface area contributed by atoms with Gasteiger partial charge in [0.1, 0.15) is 0 Å². The molecule has 118 valence electrons. The van der Waals surface area contributed by atoms with E-state index in [4.69, 9.17) is 4.74 Å². The molecule has 0 aromatic carbocycles. The summed E-state index contributed by atoms with van der Waals surface area (Å²) in [5.41, 5.74) is 2.43. The van der Waals surface area contributed by atoms with Crippen LogP contribution < -0.4 is 9.64 Å². The molecule has 0 bridgehead atoms. The first kappa shape index (κ1) is 14.5. The van der Waals surface area contributed by atoms with Crippen LogP contribution in [0.1, 0.15) is 12.8 Å². The van der Waals surface area contributed by atoms with Crippen molar-refractivity contribution in [1.29, 1.82) is 0 Å². The Labute approximate surface area is 139 Å². The number of hydrogen-bond acceptors (Lipinski definition) is 5. The Hall–Kier alpha value is -2.14. The number of anilines is 1. The highest BCUT2D eigenvalue weighted by Crippen LogP contribution is 2.32. The minimum atomic E-state index is 0.605. The maximum absolute atomic E-state index is 5.81. The highest BCUT2D eigenvalue weighted by molar-refractivity contribution is 7.17. The summed E-state index contributed by atoms with van der Waals surface area (Å²) >= 11 is 1.78. The second-order valence-corrected chi connectivity index (χ2v) is 6.79. The molecule has 0 unspecified atom stereocenters. The minimum absolute atomic E-state index is 0.605. The molecule has 5 heteroatoms. The molecule has 4 heterocycles. The van der Waals surface area contributed by atoms with E-state index >= 15 is 0 Å². The lowest BCUT2D eigenvalue weighted by atomic mass is 9.97. The summed E-state index contributed by atoms with van der Waals surface area (Å²) in [6.07, 6.45) is 6.00. The molecule has 0 N–H and O–H groups in total. The molecule has 4 rings (SSSR count). The summed E-state index contributed by atoms with van der Waals surface area (Å²) in [4.78, 5) is 11.1. The van der Waals surface area contributed by atoms with Crippen LogP contribution in [0, 0.1) is 5.92 Å². The number of thiophene rings is 1. The second kappa shape index (κ2) is 6.54. The topological polar surface area (TPSA) is 38.2 Å². The van der Waals surface area contributed by atoms with Gasteiger partial charge in [0.2, 0.25) is 5.88 Å². The average molecular weight is 325 g/mol. The fraction of sp³-hybridized carbons (Fsp3) is 0.333. The van der Waals surface area contributed by atoms with Crippen molar-refractivity contribution >= 4 is 27.2 Å². The van der Waals surface area contributed by atoms with Gasteiger partial charge in [-0.15, -0.1) is 11.3 Å². The number of rotatable bonds is 4. The standard InChI is InChI=1S/C18H19N3OS/c1-2-8-20-17(3-1)22-13-14-5-10-21(11-6-14)16-4-9-19-15-7-12-23-18(15)16/h1-4,7-9,12,14H,5-6,10-11,13H2. The molecule has 1 fully saturated rings. The first-order valence-electron chi connectivity index (χ1n) is 8.01. The van der Waals surface area contributed by atoms with Crippen molar-refractivity contribution in [3.8, 4) is 5.88 Å². The van der Waals surface area contributed by atoms with Gasteiger partial charge in [0.05, 0.1) is 22.5 Å². The molecular weight excluding hydrogens is 306 g/mol. The van der Waals surface area contributed by atoms with E-state index in [1.807, 2.05) is 24.4 Å². The third-order valence-corrected chi connectivity index (χ3v) is 5.31. The molecule has 4 nitrogen and oxygen atoms in total. The fourth-order valence-corrected chi connectivity index (χ4v) is 3.98. The number of ether oxygens (including phenoxy) is 1. The van der Waals surface area contributed by atoms with Gasteiger partial charge in [-0.2, -0.15) is 0 Å². The van der Waals surface area contributed by atoms with Crippen LogP contribution >= 0.6 is 11.3 Å². The maximum atomic E-state index is 5.81. The quantitative estimate of drug-likeness (QED) is 0.727. The predicted molar refractivity (Wildman–Crippen MR) is 94.3 cm³/mol. The number of hydrogen-bond donors (Lipinski definition) is 0. The first-order chi connectivity index (χ1) is 11.4. The van der Waals surface area contributed by atoms with Crippen LogP contribution in [0.2, 0.25) is 0 Å². The van der Waals surface area contributed by atoms with Crippen LogP contribution in [0.4, 0.5) is 5.69 Å². The third kappa shape index (κ3) is 3.15. The van der Waals surface area contributed by atoms with E-state index in [-0.39, 0.29) is 0 Å². The Morgan fingerprint density at radius 1 is 1.09 bits per heavy atom. The molecule has 23 heavy (non-hydrogen) atoms. The first-order valence-corrected chi connectivity index (χ1v) is 8.89. The molecule has 0 radical (unpaired) electrons. The van der Waals surface area contributed by atoms with E-state index in [9.17, 15) is 0 Å². The van der Waals surface area contributed by atoms with E-state index in [1.54, 1.807) is 17.5 Å². The third-order valence-electron chi connectivity index (χ3n) is 4.38. The van der Waals surface area contributed by atoms with Crippen molar-refractivity contribution in [3.63, 3.8) is 0 Å². The SMILES string of the molecule is c1ccc(OCC2CCN(c3ccnc4ccsc34)CC2)nc1. The Bertz CT molecular complexity index is 766. The zero-order valence-corrected chi connectivity index (χ0v) is 13.7. The van der Waals surface area contributed by atoms with Crippen molar-refractivity contribution in [2.75, 3.05) is 24.6 Å². The average Bonchev–Trinajstić information content (AvgIpc) is 3.10. The Morgan fingerprint density at radius 2 is 2.00 bits per heavy atom. The zero-order chi connectivity index (χ0) is 15.5. The van der Waals surface area contributed by atoms with E-state index in [0.29, 0.717) is 5.92 Å². The normalized spacial score (nSPS) is 15.9. The smallest absolute Gasteiger partial charge is 0.213 e. The van der Waals surface area contributed by atoms with Crippen molar-refractivity contribution in [2.45, 2.75) is 12.8 Å². The van der Waals surface area contributed by atoms with Gasteiger partial charge >= 0.3 is 0 Å². The maximum Gasteiger partial charge on any atom is 0.213 e. The van der Waals surface area contributed by atoms with Crippen molar-refractivity contribution in [1.82, 2.24) is 9.97 Å². The van der Waals surface area contributed by atoms with Gasteiger partial charge in [0.15, 0.2) is 0 Å². The molecule has 0 atom stereocenters. The highest BCUT2D eigenvalue weighted by atomic mass is 32.1.